The minimum Gasteiger partial charge on any atom is -0.468 e. The van der Waals surface area contributed by atoms with E-state index in [1.807, 2.05) is 66.2 Å². The van der Waals surface area contributed by atoms with Crippen LogP contribution in [-0.2, 0) is 16.6 Å². The summed E-state index contributed by atoms with van der Waals surface area (Å²) >= 11 is 0. The summed E-state index contributed by atoms with van der Waals surface area (Å²) in [5.74, 6) is -0.654. The van der Waals surface area contributed by atoms with Crippen LogP contribution in [0.15, 0.2) is 54.6 Å². The molecule has 1 amide bonds. The topological polar surface area (TPSA) is 51.5 Å². The van der Waals surface area contributed by atoms with Crippen LogP contribution in [-0.4, -0.2) is 42.0 Å². The van der Waals surface area contributed by atoms with Gasteiger partial charge in [0.1, 0.15) is 6.54 Å². The number of fused-ring (bicyclic) bond motifs is 1. The lowest BCUT2D eigenvalue weighted by Crippen LogP contribution is -2.32. The quantitative estimate of drug-likeness (QED) is 0.688. The average Bonchev–Trinajstić information content (AvgIpc) is 2.94. The van der Waals surface area contributed by atoms with Crippen LogP contribution in [0.3, 0.4) is 0 Å². The summed E-state index contributed by atoms with van der Waals surface area (Å²) in [5.41, 5.74) is 3.35. The molecule has 1 heterocycles. The fraction of sp³-hybridized carbons (Fsp3) is 0.200. The minimum absolute atomic E-state index is 0.0905. The van der Waals surface area contributed by atoms with Gasteiger partial charge in [0, 0.05) is 25.0 Å². The number of aryl methyl sites for hydroxylation is 1. The van der Waals surface area contributed by atoms with Crippen molar-refractivity contribution in [3.05, 3.63) is 60.2 Å². The van der Waals surface area contributed by atoms with Gasteiger partial charge >= 0.3 is 5.97 Å². The van der Waals surface area contributed by atoms with Crippen LogP contribution >= 0.6 is 0 Å². The van der Waals surface area contributed by atoms with Crippen molar-refractivity contribution in [3.8, 4) is 11.3 Å². The third-order valence-corrected chi connectivity index (χ3v) is 4.31. The molecule has 3 rings (SSSR count). The Balaban J connectivity index is 2.19. The van der Waals surface area contributed by atoms with E-state index in [2.05, 4.69) is 4.74 Å². The van der Waals surface area contributed by atoms with Crippen molar-refractivity contribution in [2.75, 3.05) is 20.7 Å². The van der Waals surface area contributed by atoms with Gasteiger partial charge in [0.2, 0.25) is 0 Å². The van der Waals surface area contributed by atoms with Gasteiger partial charge in [-0.05, 0) is 11.6 Å². The van der Waals surface area contributed by atoms with Gasteiger partial charge < -0.3 is 14.2 Å². The molecule has 0 fully saturated rings. The van der Waals surface area contributed by atoms with Crippen LogP contribution in [0, 0.1) is 0 Å². The Morgan fingerprint density at radius 2 is 1.68 bits per heavy atom. The second-order valence-corrected chi connectivity index (χ2v) is 5.90. The predicted octanol–water partition coefficient (Wildman–Crippen LogP) is 3.09. The molecule has 0 radical (unpaired) electrons. The van der Waals surface area contributed by atoms with E-state index in [4.69, 9.17) is 0 Å². The molecule has 0 bridgehead atoms. The molecule has 1 aromatic heterocycles. The molecule has 0 saturated carbocycles. The Hall–Kier alpha value is -3.08. The first-order chi connectivity index (χ1) is 12.0. The second-order valence-electron chi connectivity index (χ2n) is 5.90. The predicted molar refractivity (Wildman–Crippen MR) is 97.3 cm³/mol. The molecule has 0 aliphatic rings. The number of carbonyl (C=O) groups is 2. The number of benzene rings is 2. The molecule has 0 unspecified atom stereocenters. The molecule has 0 atom stereocenters. The van der Waals surface area contributed by atoms with E-state index in [0.29, 0.717) is 5.56 Å². The maximum absolute atomic E-state index is 13.1. The first-order valence-corrected chi connectivity index (χ1v) is 7.99. The zero-order valence-corrected chi connectivity index (χ0v) is 14.5. The van der Waals surface area contributed by atoms with Crippen LogP contribution in [0.25, 0.3) is 22.2 Å². The Bertz CT molecular complexity index is 929. The summed E-state index contributed by atoms with van der Waals surface area (Å²) in [5, 5.41) is 0.866. The molecule has 0 aliphatic heterocycles. The highest BCUT2D eigenvalue weighted by molar-refractivity contribution is 6.13. The standard InChI is InChI=1S/C20H20N2O3/c1-21(13-17(23)25-3)20(24)18-15-11-7-8-12-16(15)22(2)19(18)14-9-5-4-6-10-14/h4-12H,13H2,1-3H3. The van der Waals surface area contributed by atoms with E-state index >= 15 is 0 Å². The van der Waals surface area contributed by atoms with Gasteiger partial charge in [0.25, 0.3) is 5.91 Å². The fourth-order valence-corrected chi connectivity index (χ4v) is 3.06. The van der Waals surface area contributed by atoms with Gasteiger partial charge in [0.15, 0.2) is 0 Å². The molecule has 0 aliphatic carbocycles. The van der Waals surface area contributed by atoms with E-state index < -0.39 is 5.97 Å². The number of para-hydroxylation sites is 1. The lowest BCUT2D eigenvalue weighted by atomic mass is 10.0. The number of aromatic nitrogens is 1. The normalized spacial score (nSPS) is 10.7. The zero-order valence-electron chi connectivity index (χ0n) is 14.5. The summed E-state index contributed by atoms with van der Waals surface area (Å²) in [6, 6.07) is 17.6. The monoisotopic (exact) mass is 336 g/mol. The number of ether oxygens (including phenoxy) is 1. The molecule has 5 heteroatoms. The van der Waals surface area contributed by atoms with Crippen molar-refractivity contribution in [2.24, 2.45) is 7.05 Å². The SMILES string of the molecule is COC(=O)CN(C)C(=O)c1c(-c2ccccc2)n(C)c2ccccc12. The highest BCUT2D eigenvalue weighted by atomic mass is 16.5. The van der Waals surface area contributed by atoms with Gasteiger partial charge in [-0.15, -0.1) is 0 Å². The second kappa shape index (κ2) is 6.81. The first kappa shape index (κ1) is 16.8. The Labute approximate surface area is 146 Å². The molecular formula is C20H20N2O3. The zero-order chi connectivity index (χ0) is 18.0. The number of hydrogen-bond donors (Lipinski definition) is 0. The maximum atomic E-state index is 13.1. The molecular weight excluding hydrogens is 316 g/mol. The van der Waals surface area contributed by atoms with Gasteiger partial charge in [0.05, 0.1) is 18.4 Å². The number of methoxy groups -OCH3 is 1. The number of carbonyl (C=O) groups excluding carboxylic acids is 2. The number of nitrogens with zero attached hydrogens (tertiary/aromatic N) is 2. The summed E-state index contributed by atoms with van der Waals surface area (Å²) in [7, 11) is 4.87. The van der Waals surface area contributed by atoms with Crippen LogP contribution < -0.4 is 0 Å². The summed E-state index contributed by atoms with van der Waals surface area (Å²) in [4.78, 5) is 26.1. The van der Waals surface area contributed by atoms with Gasteiger partial charge in [-0.25, -0.2) is 0 Å². The van der Waals surface area contributed by atoms with Crippen molar-refractivity contribution in [3.63, 3.8) is 0 Å². The van der Waals surface area contributed by atoms with Crippen LogP contribution in [0.1, 0.15) is 10.4 Å². The van der Waals surface area contributed by atoms with Crippen molar-refractivity contribution in [2.45, 2.75) is 0 Å². The molecule has 25 heavy (non-hydrogen) atoms. The summed E-state index contributed by atoms with van der Waals surface area (Å²) in [6.07, 6.45) is 0. The molecule has 5 nitrogen and oxygen atoms in total. The van der Waals surface area contributed by atoms with Crippen molar-refractivity contribution >= 4 is 22.8 Å². The van der Waals surface area contributed by atoms with E-state index in [-0.39, 0.29) is 12.5 Å². The average molecular weight is 336 g/mol. The number of rotatable bonds is 4. The van der Waals surface area contributed by atoms with Crippen molar-refractivity contribution in [1.29, 1.82) is 0 Å². The molecule has 0 N–H and O–H groups in total. The highest BCUT2D eigenvalue weighted by Gasteiger charge is 2.25. The number of likely N-dealkylation sites (N-methyl/N-ethyl adjacent to an activating group) is 1. The third-order valence-electron chi connectivity index (χ3n) is 4.31. The highest BCUT2D eigenvalue weighted by Crippen LogP contribution is 2.33. The molecule has 2 aromatic carbocycles. The number of hydrogen-bond acceptors (Lipinski definition) is 3. The minimum atomic E-state index is -0.447. The van der Waals surface area contributed by atoms with E-state index in [1.54, 1.807) is 7.05 Å². The van der Waals surface area contributed by atoms with E-state index in [9.17, 15) is 9.59 Å². The lowest BCUT2D eigenvalue weighted by molar-refractivity contribution is -0.141. The van der Waals surface area contributed by atoms with Gasteiger partial charge in [-0.1, -0.05) is 48.5 Å². The summed E-state index contributed by atoms with van der Waals surface area (Å²) < 4.78 is 6.69. The fourth-order valence-electron chi connectivity index (χ4n) is 3.06. The Morgan fingerprint density at radius 3 is 2.36 bits per heavy atom. The smallest absolute Gasteiger partial charge is 0.325 e. The third kappa shape index (κ3) is 3.01. The lowest BCUT2D eigenvalue weighted by Gasteiger charge is -2.17. The van der Waals surface area contributed by atoms with Gasteiger partial charge in [-0.2, -0.15) is 0 Å². The van der Waals surface area contributed by atoms with E-state index in [1.165, 1.54) is 12.0 Å². The molecule has 3 aromatic rings. The van der Waals surface area contributed by atoms with Gasteiger partial charge in [-0.3, -0.25) is 9.59 Å². The first-order valence-electron chi connectivity index (χ1n) is 7.99. The maximum Gasteiger partial charge on any atom is 0.325 e. The van der Waals surface area contributed by atoms with Crippen molar-refractivity contribution in [1.82, 2.24) is 9.47 Å². The van der Waals surface area contributed by atoms with E-state index in [0.717, 1.165) is 22.2 Å². The van der Waals surface area contributed by atoms with Crippen LogP contribution in [0.2, 0.25) is 0 Å². The van der Waals surface area contributed by atoms with Crippen molar-refractivity contribution < 1.29 is 14.3 Å². The summed E-state index contributed by atoms with van der Waals surface area (Å²) in [6.45, 7) is -0.0905. The molecule has 0 saturated heterocycles. The molecule has 0 spiro atoms. The molecule has 128 valence electrons. The van der Waals surface area contributed by atoms with Crippen LogP contribution in [0.5, 0.6) is 0 Å². The number of esters is 1. The Morgan fingerprint density at radius 1 is 1.04 bits per heavy atom. The largest absolute Gasteiger partial charge is 0.468 e. The Kier molecular flexibility index (Phi) is 4.57. The van der Waals surface area contributed by atoms with Crippen LogP contribution in [0.4, 0.5) is 0 Å². The number of amides is 1.